The van der Waals surface area contributed by atoms with E-state index in [1.807, 2.05) is 6.20 Å². The third-order valence-corrected chi connectivity index (χ3v) is 5.90. The second-order valence-electron chi connectivity index (χ2n) is 5.48. The molecule has 0 radical (unpaired) electrons. The first-order chi connectivity index (χ1) is 9.98. The molecule has 1 atom stereocenters. The first kappa shape index (κ1) is 14.3. The van der Waals surface area contributed by atoms with Crippen LogP contribution < -0.4 is 0 Å². The molecule has 3 rings (SSSR count). The molecule has 1 aliphatic heterocycles. The van der Waals surface area contributed by atoms with Gasteiger partial charge in [0.1, 0.15) is 5.82 Å². The second kappa shape index (κ2) is 5.27. The Hall–Kier alpha value is -1.67. The van der Waals surface area contributed by atoms with E-state index in [1.54, 1.807) is 20.3 Å². The highest BCUT2D eigenvalue weighted by Crippen LogP contribution is 2.22. The van der Waals surface area contributed by atoms with Gasteiger partial charge in [-0.05, 0) is 18.4 Å². The average Bonchev–Trinajstić information content (AvgIpc) is 3.06. The van der Waals surface area contributed by atoms with E-state index in [0.717, 1.165) is 25.2 Å². The van der Waals surface area contributed by atoms with Crippen molar-refractivity contribution in [3.8, 4) is 0 Å². The van der Waals surface area contributed by atoms with Gasteiger partial charge in [0.25, 0.3) is 10.0 Å². The van der Waals surface area contributed by atoms with Gasteiger partial charge in [0.15, 0.2) is 5.03 Å². The van der Waals surface area contributed by atoms with Crippen molar-refractivity contribution < 1.29 is 8.42 Å². The predicted octanol–water partition coefficient (Wildman–Crippen LogP) is 0.500. The van der Waals surface area contributed by atoms with Crippen molar-refractivity contribution in [1.29, 1.82) is 0 Å². The standard InChI is InChI=1S/C13H19N5O2S/c1-16(21(19,20)13-5-6-15-17(13)2)9-11-3-4-12-14-7-8-18(12)10-11/h5-8,11H,3-4,9-10H2,1-2H3/t11-/m0/s1. The molecule has 1 aliphatic rings. The van der Waals surface area contributed by atoms with Crippen LogP contribution in [0, 0.1) is 5.92 Å². The fourth-order valence-electron chi connectivity index (χ4n) is 2.82. The highest BCUT2D eigenvalue weighted by molar-refractivity contribution is 7.89. The number of aromatic nitrogens is 4. The van der Waals surface area contributed by atoms with Crippen molar-refractivity contribution in [2.24, 2.45) is 13.0 Å². The maximum absolute atomic E-state index is 12.5. The van der Waals surface area contributed by atoms with E-state index in [2.05, 4.69) is 14.6 Å². The minimum absolute atomic E-state index is 0.226. The first-order valence-electron chi connectivity index (χ1n) is 6.93. The molecule has 0 saturated heterocycles. The van der Waals surface area contributed by atoms with Crippen LogP contribution in [0.3, 0.4) is 0 Å². The summed E-state index contributed by atoms with van der Waals surface area (Å²) in [6.07, 6.45) is 7.11. The molecule has 114 valence electrons. The van der Waals surface area contributed by atoms with E-state index in [0.29, 0.717) is 12.5 Å². The van der Waals surface area contributed by atoms with Crippen molar-refractivity contribution in [3.63, 3.8) is 0 Å². The van der Waals surface area contributed by atoms with E-state index in [-0.39, 0.29) is 5.03 Å². The Balaban J connectivity index is 1.73. The van der Waals surface area contributed by atoms with Crippen LogP contribution in [0.15, 0.2) is 29.7 Å². The quantitative estimate of drug-likeness (QED) is 0.824. The average molecular weight is 309 g/mol. The van der Waals surface area contributed by atoms with Crippen LogP contribution in [-0.2, 0) is 30.0 Å². The molecule has 0 spiro atoms. The highest BCUT2D eigenvalue weighted by atomic mass is 32.2. The van der Waals surface area contributed by atoms with Gasteiger partial charge in [0.2, 0.25) is 0 Å². The topological polar surface area (TPSA) is 73.0 Å². The lowest BCUT2D eigenvalue weighted by Crippen LogP contribution is -2.36. The third kappa shape index (κ3) is 2.60. The van der Waals surface area contributed by atoms with Crippen LogP contribution >= 0.6 is 0 Å². The molecule has 0 amide bonds. The molecule has 7 nitrogen and oxygen atoms in total. The van der Waals surface area contributed by atoms with Crippen LogP contribution in [0.1, 0.15) is 12.2 Å². The first-order valence-corrected chi connectivity index (χ1v) is 8.37. The zero-order valence-corrected chi connectivity index (χ0v) is 13.0. The van der Waals surface area contributed by atoms with Gasteiger partial charge in [-0.15, -0.1) is 0 Å². The Morgan fingerprint density at radius 2 is 2.24 bits per heavy atom. The highest BCUT2D eigenvalue weighted by Gasteiger charge is 2.28. The maximum atomic E-state index is 12.5. The fourth-order valence-corrected chi connectivity index (χ4v) is 4.16. The van der Waals surface area contributed by atoms with Crippen molar-refractivity contribution in [2.45, 2.75) is 24.4 Å². The molecule has 0 fully saturated rings. The monoisotopic (exact) mass is 309 g/mol. The zero-order valence-electron chi connectivity index (χ0n) is 12.2. The molecule has 3 heterocycles. The van der Waals surface area contributed by atoms with E-state index in [9.17, 15) is 8.42 Å². The molecule has 0 unspecified atom stereocenters. The number of rotatable bonds is 4. The van der Waals surface area contributed by atoms with Crippen LogP contribution in [0.5, 0.6) is 0 Å². The molecule has 0 aromatic carbocycles. The minimum Gasteiger partial charge on any atom is -0.335 e. The third-order valence-electron chi connectivity index (χ3n) is 4.00. The molecule has 8 heteroatoms. The lowest BCUT2D eigenvalue weighted by atomic mass is 10.00. The maximum Gasteiger partial charge on any atom is 0.259 e. The lowest BCUT2D eigenvalue weighted by Gasteiger charge is -2.27. The van der Waals surface area contributed by atoms with E-state index in [4.69, 9.17) is 0 Å². The number of hydrogen-bond donors (Lipinski definition) is 0. The van der Waals surface area contributed by atoms with Crippen molar-refractivity contribution in [3.05, 3.63) is 30.5 Å². The SMILES string of the molecule is CN(C[C@@H]1CCc2nccn2C1)S(=O)(=O)c1ccnn1C. The lowest BCUT2D eigenvalue weighted by molar-refractivity contribution is 0.302. The number of hydrogen-bond acceptors (Lipinski definition) is 4. The van der Waals surface area contributed by atoms with E-state index >= 15 is 0 Å². The Bertz CT molecular complexity index is 733. The second-order valence-corrected chi connectivity index (χ2v) is 7.47. The summed E-state index contributed by atoms with van der Waals surface area (Å²) in [7, 11) is -0.212. The van der Waals surface area contributed by atoms with Crippen LogP contribution in [0.4, 0.5) is 0 Å². The summed E-state index contributed by atoms with van der Waals surface area (Å²) in [5.74, 6) is 1.39. The van der Waals surface area contributed by atoms with Crippen molar-refractivity contribution in [1.82, 2.24) is 23.6 Å². The Labute approximate surface area is 124 Å². The van der Waals surface area contributed by atoms with E-state index < -0.39 is 10.0 Å². The summed E-state index contributed by atoms with van der Waals surface area (Å²) < 4.78 is 30.0. The summed E-state index contributed by atoms with van der Waals surface area (Å²) in [5, 5.41) is 4.16. The van der Waals surface area contributed by atoms with Crippen LogP contribution in [-0.4, -0.2) is 45.6 Å². The van der Waals surface area contributed by atoms with E-state index in [1.165, 1.54) is 21.3 Å². The minimum atomic E-state index is -3.48. The van der Waals surface area contributed by atoms with Gasteiger partial charge >= 0.3 is 0 Å². The van der Waals surface area contributed by atoms with Gasteiger partial charge in [-0.25, -0.2) is 13.4 Å². The molecule has 0 bridgehead atoms. The van der Waals surface area contributed by atoms with Gasteiger partial charge in [-0.2, -0.15) is 9.40 Å². The zero-order chi connectivity index (χ0) is 15.0. The molecule has 0 N–H and O–H groups in total. The molecular formula is C13H19N5O2S. The number of fused-ring (bicyclic) bond motifs is 1. The van der Waals surface area contributed by atoms with Gasteiger partial charge in [-0.1, -0.05) is 0 Å². The van der Waals surface area contributed by atoms with Gasteiger partial charge in [-0.3, -0.25) is 4.68 Å². The predicted molar refractivity (Wildman–Crippen MR) is 77.1 cm³/mol. The Morgan fingerprint density at radius 3 is 2.95 bits per heavy atom. The summed E-state index contributed by atoms with van der Waals surface area (Å²) in [6, 6.07) is 1.53. The van der Waals surface area contributed by atoms with Gasteiger partial charge < -0.3 is 4.57 Å². The molecule has 0 saturated carbocycles. The fraction of sp³-hybridized carbons (Fsp3) is 0.538. The number of aryl methyl sites for hydroxylation is 2. The molecule has 0 aliphatic carbocycles. The number of sulfonamides is 1. The van der Waals surface area contributed by atoms with Crippen LogP contribution in [0.2, 0.25) is 0 Å². The largest absolute Gasteiger partial charge is 0.335 e. The molecular weight excluding hydrogens is 290 g/mol. The molecule has 21 heavy (non-hydrogen) atoms. The molecule has 2 aromatic rings. The smallest absolute Gasteiger partial charge is 0.259 e. The summed E-state index contributed by atoms with van der Waals surface area (Å²) in [4.78, 5) is 4.29. The Kier molecular flexibility index (Phi) is 3.58. The number of nitrogens with zero attached hydrogens (tertiary/aromatic N) is 5. The summed E-state index contributed by atoms with van der Waals surface area (Å²) >= 11 is 0. The summed E-state index contributed by atoms with van der Waals surface area (Å²) in [5.41, 5.74) is 0. The molecule has 2 aromatic heterocycles. The van der Waals surface area contributed by atoms with Crippen LogP contribution in [0.25, 0.3) is 0 Å². The van der Waals surface area contributed by atoms with Crippen molar-refractivity contribution >= 4 is 10.0 Å². The van der Waals surface area contributed by atoms with Crippen molar-refractivity contribution in [2.75, 3.05) is 13.6 Å². The van der Waals surface area contributed by atoms with Gasteiger partial charge in [0.05, 0.1) is 6.20 Å². The van der Waals surface area contributed by atoms with Gasteiger partial charge in [0, 0.05) is 46.0 Å². The Morgan fingerprint density at radius 1 is 1.43 bits per heavy atom. The summed E-state index contributed by atoms with van der Waals surface area (Å²) in [6.45, 7) is 1.33. The number of imidazole rings is 1. The normalized spacial score (nSPS) is 18.9.